The molecule has 0 radical (unpaired) electrons. The molecule has 1 atom stereocenters. The number of hydrogen-bond acceptors (Lipinski definition) is 2. The molecule has 0 saturated heterocycles. The molecule has 1 aromatic rings. The zero-order valence-electron chi connectivity index (χ0n) is 14.4. The SMILES string of the molecule is C#CC(CC)(CC)N(C(=O)c1ccccc1Br)C(C)CCC(=O)O. The van der Waals surface area contributed by atoms with Crippen molar-refractivity contribution in [2.24, 2.45) is 0 Å². The monoisotopic (exact) mass is 393 g/mol. The minimum Gasteiger partial charge on any atom is -0.481 e. The van der Waals surface area contributed by atoms with Gasteiger partial charge in [-0.1, -0.05) is 31.9 Å². The van der Waals surface area contributed by atoms with Crippen molar-refractivity contribution < 1.29 is 14.7 Å². The second-order valence-electron chi connectivity index (χ2n) is 5.82. The number of carboxylic acids is 1. The van der Waals surface area contributed by atoms with Gasteiger partial charge >= 0.3 is 5.97 Å². The first kappa shape index (κ1) is 20.2. The molecular weight excluding hydrogens is 370 g/mol. The van der Waals surface area contributed by atoms with E-state index in [0.29, 0.717) is 29.3 Å². The number of carbonyl (C=O) groups excluding carboxylic acids is 1. The summed E-state index contributed by atoms with van der Waals surface area (Å²) in [6, 6.07) is 6.91. The molecular formula is C19H24BrNO3. The van der Waals surface area contributed by atoms with Crippen LogP contribution in [0.4, 0.5) is 0 Å². The predicted molar refractivity (Wildman–Crippen MR) is 98.8 cm³/mol. The summed E-state index contributed by atoms with van der Waals surface area (Å²) in [7, 11) is 0. The topological polar surface area (TPSA) is 57.6 Å². The van der Waals surface area contributed by atoms with Crippen molar-refractivity contribution in [3.05, 3.63) is 34.3 Å². The maximum absolute atomic E-state index is 13.2. The maximum atomic E-state index is 13.2. The van der Waals surface area contributed by atoms with Crippen LogP contribution in [0.2, 0.25) is 0 Å². The fourth-order valence-corrected chi connectivity index (χ4v) is 3.36. The van der Waals surface area contributed by atoms with Crippen molar-refractivity contribution in [1.29, 1.82) is 0 Å². The third-order valence-corrected chi connectivity index (χ3v) is 5.13. The standard InChI is InChI=1S/C19H24BrNO3/c1-5-19(6-2,7-3)21(14(4)12-13-17(22)23)18(24)15-10-8-9-11-16(15)20/h1,8-11,14H,6-7,12-13H2,2-4H3,(H,22,23). The van der Waals surface area contributed by atoms with Crippen molar-refractivity contribution in [2.45, 2.75) is 58.0 Å². The van der Waals surface area contributed by atoms with E-state index in [0.717, 1.165) is 0 Å². The van der Waals surface area contributed by atoms with Crippen LogP contribution in [-0.2, 0) is 4.79 Å². The van der Waals surface area contributed by atoms with E-state index in [4.69, 9.17) is 11.5 Å². The molecule has 1 rings (SSSR count). The predicted octanol–water partition coefficient (Wildman–Crippen LogP) is 4.34. The first-order valence-corrected chi connectivity index (χ1v) is 8.90. The number of terminal acetylenes is 1. The molecule has 1 unspecified atom stereocenters. The number of hydrogen-bond donors (Lipinski definition) is 1. The lowest BCUT2D eigenvalue weighted by atomic mass is 9.88. The third-order valence-electron chi connectivity index (χ3n) is 4.44. The zero-order chi connectivity index (χ0) is 18.3. The van der Waals surface area contributed by atoms with Gasteiger partial charge in [0.1, 0.15) is 5.54 Å². The number of aliphatic carboxylic acids is 1. The molecule has 0 aliphatic heterocycles. The van der Waals surface area contributed by atoms with Gasteiger partial charge in [0.2, 0.25) is 0 Å². The fraction of sp³-hybridized carbons (Fsp3) is 0.474. The summed E-state index contributed by atoms with van der Waals surface area (Å²) in [5, 5.41) is 8.97. The van der Waals surface area contributed by atoms with Crippen molar-refractivity contribution >= 4 is 27.8 Å². The molecule has 24 heavy (non-hydrogen) atoms. The van der Waals surface area contributed by atoms with Crippen LogP contribution in [0, 0.1) is 12.3 Å². The Balaban J connectivity index is 3.32. The molecule has 0 heterocycles. The number of amides is 1. The van der Waals surface area contributed by atoms with Gasteiger partial charge in [0, 0.05) is 16.9 Å². The molecule has 0 aliphatic rings. The van der Waals surface area contributed by atoms with Crippen LogP contribution in [0.3, 0.4) is 0 Å². The Labute approximate surface area is 152 Å². The van der Waals surface area contributed by atoms with Crippen LogP contribution >= 0.6 is 15.9 Å². The highest BCUT2D eigenvalue weighted by Gasteiger charge is 2.39. The second-order valence-corrected chi connectivity index (χ2v) is 6.67. The molecule has 1 N–H and O–H groups in total. The molecule has 0 bridgehead atoms. The first-order valence-electron chi connectivity index (χ1n) is 8.10. The number of carbonyl (C=O) groups is 2. The Kier molecular flexibility index (Phi) is 7.50. The van der Waals surface area contributed by atoms with Crippen molar-refractivity contribution in [1.82, 2.24) is 4.90 Å². The van der Waals surface area contributed by atoms with E-state index < -0.39 is 11.5 Å². The Morgan fingerprint density at radius 1 is 1.33 bits per heavy atom. The smallest absolute Gasteiger partial charge is 0.303 e. The van der Waals surface area contributed by atoms with E-state index in [-0.39, 0.29) is 18.4 Å². The Morgan fingerprint density at radius 3 is 2.38 bits per heavy atom. The highest BCUT2D eigenvalue weighted by molar-refractivity contribution is 9.10. The van der Waals surface area contributed by atoms with Gasteiger partial charge in [-0.2, -0.15) is 0 Å². The summed E-state index contributed by atoms with van der Waals surface area (Å²) < 4.78 is 0.698. The van der Waals surface area contributed by atoms with Crippen molar-refractivity contribution in [3.63, 3.8) is 0 Å². The lowest BCUT2D eigenvalue weighted by Gasteiger charge is -2.43. The molecule has 0 saturated carbocycles. The van der Waals surface area contributed by atoms with Gasteiger partial charge in [0.15, 0.2) is 0 Å². The molecule has 0 aliphatic carbocycles. The fourth-order valence-electron chi connectivity index (χ4n) is 2.91. The van der Waals surface area contributed by atoms with Crippen LogP contribution < -0.4 is 0 Å². The highest BCUT2D eigenvalue weighted by atomic mass is 79.9. The van der Waals surface area contributed by atoms with E-state index in [1.54, 1.807) is 17.0 Å². The van der Waals surface area contributed by atoms with Gasteiger partial charge in [-0.3, -0.25) is 9.59 Å². The van der Waals surface area contributed by atoms with Crippen LogP contribution in [-0.4, -0.2) is 33.5 Å². The van der Waals surface area contributed by atoms with E-state index >= 15 is 0 Å². The molecule has 1 amide bonds. The summed E-state index contributed by atoms with van der Waals surface area (Å²) in [6.07, 6.45) is 7.37. The van der Waals surface area contributed by atoms with Gasteiger partial charge in [0.25, 0.3) is 5.91 Å². The minimum absolute atomic E-state index is 0.00497. The van der Waals surface area contributed by atoms with Gasteiger partial charge in [-0.05, 0) is 54.2 Å². The van der Waals surface area contributed by atoms with Crippen LogP contribution in [0.1, 0.15) is 56.8 Å². The Morgan fingerprint density at radius 2 is 1.92 bits per heavy atom. The number of nitrogens with zero attached hydrogens (tertiary/aromatic N) is 1. The van der Waals surface area contributed by atoms with Gasteiger partial charge in [-0.15, -0.1) is 6.42 Å². The third kappa shape index (κ3) is 4.39. The van der Waals surface area contributed by atoms with Crippen LogP contribution in [0.25, 0.3) is 0 Å². The van der Waals surface area contributed by atoms with Crippen LogP contribution in [0.5, 0.6) is 0 Å². The molecule has 5 heteroatoms. The average molecular weight is 394 g/mol. The highest BCUT2D eigenvalue weighted by Crippen LogP contribution is 2.31. The van der Waals surface area contributed by atoms with E-state index in [9.17, 15) is 9.59 Å². The van der Waals surface area contributed by atoms with E-state index in [1.807, 2.05) is 32.9 Å². The Bertz CT molecular complexity index is 632. The van der Waals surface area contributed by atoms with Crippen molar-refractivity contribution in [2.75, 3.05) is 0 Å². The van der Waals surface area contributed by atoms with E-state index in [2.05, 4.69) is 21.9 Å². The van der Waals surface area contributed by atoms with Gasteiger partial charge in [0.05, 0.1) is 5.56 Å². The molecule has 4 nitrogen and oxygen atoms in total. The van der Waals surface area contributed by atoms with E-state index in [1.165, 1.54) is 0 Å². The number of halogens is 1. The maximum Gasteiger partial charge on any atom is 0.303 e. The van der Waals surface area contributed by atoms with Gasteiger partial charge in [-0.25, -0.2) is 0 Å². The lowest BCUT2D eigenvalue weighted by Crippen LogP contribution is -2.54. The van der Waals surface area contributed by atoms with Crippen LogP contribution in [0.15, 0.2) is 28.7 Å². The molecule has 0 aromatic heterocycles. The molecule has 0 spiro atoms. The average Bonchev–Trinajstić information content (AvgIpc) is 2.57. The summed E-state index contributed by atoms with van der Waals surface area (Å²) in [5.74, 6) is 1.74. The molecule has 0 fully saturated rings. The van der Waals surface area contributed by atoms with Crippen molar-refractivity contribution in [3.8, 4) is 12.3 Å². The molecule has 130 valence electrons. The zero-order valence-corrected chi connectivity index (χ0v) is 16.0. The number of rotatable bonds is 8. The minimum atomic E-state index is -0.880. The number of benzene rings is 1. The summed E-state index contributed by atoms with van der Waals surface area (Å²) in [4.78, 5) is 25.8. The largest absolute Gasteiger partial charge is 0.481 e. The van der Waals surface area contributed by atoms with Gasteiger partial charge < -0.3 is 10.0 Å². The lowest BCUT2D eigenvalue weighted by molar-refractivity contribution is -0.137. The quantitative estimate of drug-likeness (QED) is 0.668. The molecule has 1 aromatic carbocycles. The summed E-state index contributed by atoms with van der Waals surface area (Å²) in [6.45, 7) is 5.76. The second kappa shape index (κ2) is 8.89. The Hall–Kier alpha value is -1.80. The summed E-state index contributed by atoms with van der Waals surface area (Å²) >= 11 is 3.42. The summed E-state index contributed by atoms with van der Waals surface area (Å²) in [5.41, 5.74) is -0.203. The first-order chi connectivity index (χ1) is 11.3. The normalized spacial score (nSPS) is 12.3. The number of carboxylic acid groups (broad SMARTS) is 1.